The van der Waals surface area contributed by atoms with Gasteiger partial charge in [0.15, 0.2) is 22.8 Å². The zero-order valence-electron chi connectivity index (χ0n) is 9.80. The second-order valence-corrected chi connectivity index (χ2v) is 4.17. The second-order valence-electron chi connectivity index (χ2n) is 3.76. The van der Waals surface area contributed by atoms with Gasteiger partial charge in [0.05, 0.1) is 12.3 Å². The van der Waals surface area contributed by atoms with Crippen LogP contribution in [0.5, 0.6) is 11.5 Å². The van der Waals surface area contributed by atoms with Gasteiger partial charge in [-0.05, 0) is 42.9 Å². The highest BCUT2D eigenvalue weighted by Gasteiger charge is 2.20. The molecule has 1 aromatic carbocycles. The lowest BCUT2D eigenvalue weighted by Gasteiger charge is -2.07. The van der Waals surface area contributed by atoms with Crippen molar-refractivity contribution in [2.75, 3.05) is 6.61 Å². The number of ether oxygens (including phenoxy) is 1. The Morgan fingerprint density at radius 1 is 1.50 bits per heavy atom. The van der Waals surface area contributed by atoms with Crippen LogP contribution in [0.1, 0.15) is 12.5 Å². The molecule has 0 aromatic heterocycles. The molecule has 1 fully saturated rings. The molecule has 1 unspecified atom stereocenters. The van der Waals surface area contributed by atoms with Gasteiger partial charge in [0, 0.05) is 0 Å². The van der Waals surface area contributed by atoms with E-state index in [0.29, 0.717) is 23.2 Å². The Morgan fingerprint density at radius 3 is 2.89 bits per heavy atom. The quantitative estimate of drug-likeness (QED) is 0.610. The van der Waals surface area contributed by atoms with Crippen LogP contribution in [0.25, 0.3) is 6.08 Å². The normalized spacial score (nSPS) is 20.7. The summed E-state index contributed by atoms with van der Waals surface area (Å²) in [6.07, 6.45) is 0.903. The first-order chi connectivity index (χ1) is 8.60. The average Bonchev–Trinajstić information content (AvgIpc) is 2.62. The molecule has 1 aliphatic heterocycles. The molecule has 1 aliphatic rings. The number of phenolic OH excluding ortho intramolecular Hbond substituents is 1. The third kappa shape index (κ3) is 2.72. The first-order valence-electron chi connectivity index (χ1n) is 5.53. The lowest BCUT2D eigenvalue weighted by Crippen LogP contribution is -2.25. The van der Waals surface area contributed by atoms with Crippen LogP contribution in [0.15, 0.2) is 23.9 Å². The van der Waals surface area contributed by atoms with Gasteiger partial charge in [-0.2, -0.15) is 0 Å². The number of aromatic hydroxyl groups is 1. The van der Waals surface area contributed by atoms with E-state index in [-0.39, 0.29) is 5.75 Å². The van der Waals surface area contributed by atoms with Gasteiger partial charge in [-0.3, -0.25) is 0 Å². The number of aliphatic hydroxyl groups is 1. The Bertz CT molecular complexity index is 502. The van der Waals surface area contributed by atoms with Crippen LogP contribution in [0.2, 0.25) is 0 Å². The fraction of sp³-hybridized carbons (Fsp3) is 0.250. The standard InChI is InChI=1S/C12H14N2O3S/c1-2-17-10-6-7(3-4-9(10)15)5-8-11(16)14-12(18)13-8/h3-6,11,15-16H,2H2,1H3,(H2,13,14,18)/b8-5-. The van der Waals surface area contributed by atoms with Crippen molar-refractivity contribution in [1.82, 2.24) is 10.6 Å². The highest BCUT2D eigenvalue weighted by atomic mass is 32.1. The third-order valence-electron chi connectivity index (χ3n) is 2.43. The van der Waals surface area contributed by atoms with Crippen LogP contribution in [-0.2, 0) is 0 Å². The average molecular weight is 266 g/mol. The largest absolute Gasteiger partial charge is 0.504 e. The lowest BCUT2D eigenvalue weighted by atomic mass is 10.1. The van der Waals surface area contributed by atoms with E-state index in [1.165, 1.54) is 0 Å². The lowest BCUT2D eigenvalue weighted by molar-refractivity contribution is 0.205. The molecule has 6 heteroatoms. The summed E-state index contributed by atoms with van der Waals surface area (Å²) in [6, 6.07) is 4.96. The molecule has 1 atom stereocenters. The van der Waals surface area contributed by atoms with Crippen LogP contribution < -0.4 is 15.4 Å². The molecule has 96 valence electrons. The SMILES string of the molecule is CCOc1cc(/C=C2\NC(=S)NC2O)ccc1O. The highest BCUT2D eigenvalue weighted by Crippen LogP contribution is 2.27. The van der Waals surface area contributed by atoms with E-state index < -0.39 is 6.23 Å². The van der Waals surface area contributed by atoms with Gasteiger partial charge >= 0.3 is 0 Å². The van der Waals surface area contributed by atoms with Crippen molar-refractivity contribution in [3.8, 4) is 11.5 Å². The maximum atomic E-state index is 9.64. The Balaban J connectivity index is 2.26. The summed E-state index contributed by atoms with van der Waals surface area (Å²) in [5, 5.41) is 25.1. The van der Waals surface area contributed by atoms with Gasteiger partial charge in [0.2, 0.25) is 0 Å². The maximum absolute atomic E-state index is 9.64. The number of hydrogen-bond acceptors (Lipinski definition) is 4. The predicted octanol–water partition coefficient (Wildman–Crippen LogP) is 0.928. The summed E-state index contributed by atoms with van der Waals surface area (Å²) in [6.45, 7) is 2.31. The minimum atomic E-state index is -0.832. The van der Waals surface area contributed by atoms with E-state index in [4.69, 9.17) is 17.0 Å². The summed E-state index contributed by atoms with van der Waals surface area (Å²) in [4.78, 5) is 0. The van der Waals surface area contributed by atoms with Gasteiger partial charge in [0.1, 0.15) is 0 Å². The number of benzene rings is 1. The Labute approximate surface area is 110 Å². The molecule has 0 saturated carbocycles. The number of nitrogens with one attached hydrogen (secondary N) is 2. The van der Waals surface area contributed by atoms with E-state index in [2.05, 4.69) is 10.6 Å². The minimum Gasteiger partial charge on any atom is -0.504 e. The molecule has 2 rings (SSSR count). The Hall–Kier alpha value is -1.79. The summed E-state index contributed by atoms with van der Waals surface area (Å²) >= 11 is 4.89. The summed E-state index contributed by atoms with van der Waals surface area (Å²) < 4.78 is 5.29. The van der Waals surface area contributed by atoms with E-state index in [0.717, 1.165) is 5.56 Å². The van der Waals surface area contributed by atoms with Crippen molar-refractivity contribution in [3.05, 3.63) is 29.5 Å². The fourth-order valence-electron chi connectivity index (χ4n) is 1.62. The topological polar surface area (TPSA) is 73.8 Å². The van der Waals surface area contributed by atoms with Gasteiger partial charge in [-0.25, -0.2) is 0 Å². The van der Waals surface area contributed by atoms with E-state index in [1.54, 1.807) is 24.3 Å². The number of aliphatic hydroxyl groups excluding tert-OH is 1. The molecule has 0 aliphatic carbocycles. The number of rotatable bonds is 3. The first-order valence-corrected chi connectivity index (χ1v) is 5.94. The fourth-order valence-corrected chi connectivity index (χ4v) is 1.85. The molecule has 0 spiro atoms. The highest BCUT2D eigenvalue weighted by molar-refractivity contribution is 7.80. The second kappa shape index (κ2) is 5.24. The van der Waals surface area contributed by atoms with E-state index in [1.807, 2.05) is 6.92 Å². The minimum absolute atomic E-state index is 0.0903. The molecule has 0 amide bonds. The van der Waals surface area contributed by atoms with Gasteiger partial charge in [-0.15, -0.1) is 0 Å². The monoisotopic (exact) mass is 266 g/mol. The van der Waals surface area contributed by atoms with Gasteiger partial charge < -0.3 is 25.6 Å². The van der Waals surface area contributed by atoms with Crippen LogP contribution >= 0.6 is 12.2 Å². The zero-order valence-corrected chi connectivity index (χ0v) is 10.6. The van der Waals surface area contributed by atoms with Gasteiger partial charge in [0.25, 0.3) is 0 Å². The molecule has 5 nitrogen and oxygen atoms in total. The third-order valence-corrected chi connectivity index (χ3v) is 2.65. The smallest absolute Gasteiger partial charge is 0.172 e. The molecule has 18 heavy (non-hydrogen) atoms. The number of thiocarbonyl (C=S) groups is 1. The first kappa shape index (κ1) is 12.7. The van der Waals surface area contributed by atoms with Crippen molar-refractivity contribution >= 4 is 23.4 Å². The molecule has 4 N–H and O–H groups in total. The van der Waals surface area contributed by atoms with Crippen LogP contribution in [0.3, 0.4) is 0 Å². The zero-order chi connectivity index (χ0) is 13.1. The number of phenols is 1. The number of hydrogen-bond donors (Lipinski definition) is 4. The van der Waals surface area contributed by atoms with Crippen molar-refractivity contribution < 1.29 is 14.9 Å². The van der Waals surface area contributed by atoms with Gasteiger partial charge in [-0.1, -0.05) is 6.07 Å². The van der Waals surface area contributed by atoms with Crippen molar-refractivity contribution in [3.63, 3.8) is 0 Å². The summed E-state index contributed by atoms with van der Waals surface area (Å²) in [7, 11) is 0. The molecular weight excluding hydrogens is 252 g/mol. The maximum Gasteiger partial charge on any atom is 0.172 e. The van der Waals surface area contributed by atoms with Crippen molar-refractivity contribution in [2.24, 2.45) is 0 Å². The van der Waals surface area contributed by atoms with Crippen LogP contribution in [0, 0.1) is 0 Å². The van der Waals surface area contributed by atoms with Crippen LogP contribution in [-0.4, -0.2) is 28.2 Å². The van der Waals surface area contributed by atoms with Crippen LogP contribution in [0.4, 0.5) is 0 Å². The van der Waals surface area contributed by atoms with Crippen molar-refractivity contribution in [1.29, 1.82) is 0 Å². The summed E-state index contributed by atoms with van der Waals surface area (Å²) in [5.41, 5.74) is 1.36. The molecule has 0 radical (unpaired) electrons. The molecule has 1 saturated heterocycles. The summed E-state index contributed by atoms with van der Waals surface area (Å²) in [5.74, 6) is 0.502. The molecule has 0 bridgehead atoms. The molecule has 1 heterocycles. The van der Waals surface area contributed by atoms with E-state index >= 15 is 0 Å². The Morgan fingerprint density at radius 2 is 2.28 bits per heavy atom. The molecule has 1 aromatic rings. The Kier molecular flexibility index (Phi) is 3.69. The van der Waals surface area contributed by atoms with Crippen molar-refractivity contribution in [2.45, 2.75) is 13.2 Å². The van der Waals surface area contributed by atoms with E-state index in [9.17, 15) is 10.2 Å². The predicted molar refractivity (Wildman–Crippen MR) is 72.1 cm³/mol. The molecular formula is C12H14N2O3S.